The number of aliphatic carboxylic acids is 4. The number of fused-ring (bicyclic) bond motifs is 1. The molecule has 48 heteroatoms. The van der Waals surface area contributed by atoms with Gasteiger partial charge in [0, 0.05) is 74.4 Å². The van der Waals surface area contributed by atoms with Gasteiger partial charge in [-0.05, 0) is 69.7 Å². The summed E-state index contributed by atoms with van der Waals surface area (Å²) >= 11 is 7.98. The third kappa shape index (κ3) is 33.0. The fourth-order valence-corrected chi connectivity index (χ4v) is 10.3. The number of nitrogens with zero attached hydrogens (tertiary/aromatic N) is 3. The molecule has 0 unspecified atom stereocenters. The maximum absolute atomic E-state index is 14.5. The number of aromatic nitrogens is 4. The summed E-state index contributed by atoms with van der Waals surface area (Å²) in [4.78, 5) is 225. The Bertz CT molecular complexity index is 3790. The van der Waals surface area contributed by atoms with E-state index < -0.39 is 300 Å². The first kappa shape index (κ1) is 94.8. The second-order valence-corrected chi connectivity index (χ2v) is 25.6. The quantitative estimate of drug-likeness (QED) is 0.0233. The van der Waals surface area contributed by atoms with Crippen molar-refractivity contribution in [2.24, 2.45) is 0 Å². The van der Waals surface area contributed by atoms with Gasteiger partial charge < -0.3 is 141 Å². The van der Waals surface area contributed by atoms with Crippen molar-refractivity contribution in [1.82, 2.24) is 73.1 Å². The third-order valence-electron chi connectivity index (χ3n) is 16.2. The van der Waals surface area contributed by atoms with Gasteiger partial charge in [-0.1, -0.05) is 0 Å². The molecule has 1 aromatic carbocycles. The lowest BCUT2D eigenvalue weighted by Gasteiger charge is -2.27. The number of nitrogen functional groups attached to an aromatic ring is 1. The Kier molecular flexibility index (Phi) is 40.7. The number of ketones is 1. The number of aromatic amines is 1. The van der Waals surface area contributed by atoms with Crippen molar-refractivity contribution in [3.8, 4) is 0 Å². The van der Waals surface area contributed by atoms with Gasteiger partial charge in [0.25, 0.3) is 11.5 Å². The van der Waals surface area contributed by atoms with Crippen molar-refractivity contribution >= 4 is 137 Å². The highest BCUT2D eigenvalue weighted by Crippen LogP contribution is 2.16. The molecule has 2 heterocycles. The molecule has 0 spiro atoms. The van der Waals surface area contributed by atoms with Crippen LogP contribution in [0, 0.1) is 0 Å². The first-order valence-corrected chi connectivity index (χ1v) is 35.1. The van der Waals surface area contributed by atoms with Crippen molar-refractivity contribution in [1.29, 1.82) is 0 Å². The van der Waals surface area contributed by atoms with Crippen LogP contribution in [0.3, 0.4) is 0 Å². The highest BCUT2D eigenvalue weighted by atomic mass is 32.1. The van der Waals surface area contributed by atoms with Gasteiger partial charge in [0.05, 0.1) is 43.9 Å². The summed E-state index contributed by atoms with van der Waals surface area (Å²) in [6.07, 6.45) is -24.6. The van der Waals surface area contributed by atoms with E-state index in [1.54, 1.807) is 0 Å². The van der Waals surface area contributed by atoms with Crippen LogP contribution in [0.15, 0.2) is 35.3 Å². The summed E-state index contributed by atoms with van der Waals surface area (Å²) in [6, 6.07) is -9.80. The Morgan fingerprint density at radius 1 is 0.459 bits per heavy atom. The molecule has 111 heavy (non-hydrogen) atoms. The lowest BCUT2D eigenvalue weighted by molar-refractivity contribution is -0.142. The number of aliphatic hydroxyl groups is 10. The zero-order valence-corrected chi connectivity index (χ0v) is 61.0. The number of H-pyrrole nitrogens is 1. The molecule has 2 aromatic heterocycles. The van der Waals surface area contributed by atoms with E-state index in [0.29, 0.717) is 11.4 Å². The van der Waals surface area contributed by atoms with Crippen LogP contribution in [-0.2, 0) is 73.7 Å². The average molecular weight is 1620 g/mol. The van der Waals surface area contributed by atoms with Gasteiger partial charge >= 0.3 is 23.9 Å². The lowest BCUT2D eigenvalue weighted by atomic mass is 10.0. The molecule has 0 radical (unpaired) electrons. The number of hydrogen-bond donors (Lipinski definition) is 29. The zero-order chi connectivity index (χ0) is 83.5. The van der Waals surface area contributed by atoms with E-state index in [1.165, 1.54) is 30.5 Å². The Hall–Kier alpha value is -10.4. The van der Waals surface area contributed by atoms with E-state index in [1.807, 2.05) is 0 Å². The number of carbonyl (C=O) groups excluding carboxylic acids is 11. The summed E-state index contributed by atoms with van der Waals surface area (Å²) in [6.45, 7) is -2.77. The van der Waals surface area contributed by atoms with Gasteiger partial charge in [0.2, 0.25) is 59.1 Å². The van der Waals surface area contributed by atoms with Crippen molar-refractivity contribution in [3.05, 3.63) is 52.1 Å². The van der Waals surface area contributed by atoms with E-state index in [9.17, 15) is 143 Å². The Labute approximate surface area is 639 Å². The van der Waals surface area contributed by atoms with Crippen LogP contribution >= 0.6 is 25.3 Å². The predicted molar refractivity (Wildman–Crippen MR) is 383 cm³/mol. The lowest BCUT2D eigenvalue weighted by Crippen LogP contribution is -2.60. The summed E-state index contributed by atoms with van der Waals surface area (Å²) in [7, 11) is 0. The number of carboxylic acid groups (broad SMARTS) is 4. The summed E-state index contributed by atoms with van der Waals surface area (Å²) in [5.74, 6) is -20.6. The van der Waals surface area contributed by atoms with Crippen LogP contribution < -0.4 is 69.8 Å². The number of carboxylic acids is 4. The highest BCUT2D eigenvalue weighted by Gasteiger charge is 2.37. The number of rotatable bonds is 52. The monoisotopic (exact) mass is 1620 g/mol. The number of nitrogens with one attached hydrogen (secondary N) is 12. The molecule has 0 aliphatic rings. The number of aliphatic hydroxyl groups excluding tert-OH is 10. The minimum atomic E-state index is -2.20. The van der Waals surface area contributed by atoms with Crippen molar-refractivity contribution in [3.63, 3.8) is 0 Å². The van der Waals surface area contributed by atoms with E-state index in [0.717, 1.165) is 6.92 Å². The largest absolute Gasteiger partial charge is 0.481 e. The first-order chi connectivity index (χ1) is 52.2. The fourth-order valence-electron chi connectivity index (χ4n) is 9.80. The standard InChI is InChI=1S/C63H92N16O30S2/c1-26(82)2-7-31(58(103)77-37(25-111)62(108)109)71-56(101)34(12-17-46(92)93)74-59(104)36(24-110)76-57(102)32(9-14-43(88)67-21-39(84)49(95)51(97)41(86)23-81)72-55(100)33(11-16-45(90)91)73-54(99)30(8-13-42(87)66-20-38(83)48(94)50(96)40(85)22-80)70-44(89)15-10-35(61(106)107)75-53(98)27-3-5-28(6-4-27)65-18-29-19-68-52-47(69-29)60(105)79-63(64)78-52/h3-6,19,30-41,48-51,65,80-81,83-86,94-97,110-111H,2,7-18,20-25H2,1H3,(H,66,87)(H,67,88)(H,70,89)(H,71,101)(H,72,100)(H,73,99)(H,74,104)(H,75,98)(H,76,102)(H,77,103)(H,90,91)(H,92,93)(H,106,107)(H,108,109)(H3,64,68,78,79,105)/t30-,31-,32-,33-,34-,35-,36-,37-,38-,39-,40+,41+,48+,49+,50+,51+/m0/s1. The zero-order valence-electron chi connectivity index (χ0n) is 59.2. The topological polar surface area (TPSA) is 769 Å². The number of thiol groups is 2. The van der Waals surface area contributed by atoms with Gasteiger partial charge in [-0.25, -0.2) is 19.6 Å². The van der Waals surface area contributed by atoms with Crippen LogP contribution in [0.25, 0.3) is 11.2 Å². The number of hydrogen-bond acceptors (Lipinski definition) is 33. The van der Waals surface area contributed by atoms with Crippen molar-refractivity contribution in [2.75, 3.05) is 48.9 Å². The Morgan fingerprint density at radius 2 is 0.829 bits per heavy atom. The van der Waals surface area contributed by atoms with Gasteiger partial charge in [0.15, 0.2) is 11.2 Å². The molecular weight excluding hydrogens is 1520 g/mol. The number of benzene rings is 1. The highest BCUT2D eigenvalue weighted by molar-refractivity contribution is 7.80. The molecule has 46 nitrogen and oxygen atoms in total. The van der Waals surface area contributed by atoms with E-state index >= 15 is 0 Å². The van der Waals surface area contributed by atoms with Gasteiger partial charge in [-0.2, -0.15) is 30.2 Å². The number of anilines is 2. The Balaban J connectivity index is 2.01. The smallest absolute Gasteiger partial charge is 0.327 e. The van der Waals surface area contributed by atoms with Crippen LogP contribution in [0.2, 0.25) is 0 Å². The molecule has 16 atom stereocenters. The normalized spacial score (nSPS) is 15.6. The maximum Gasteiger partial charge on any atom is 0.327 e. The molecule has 28 N–H and O–H groups in total. The summed E-state index contributed by atoms with van der Waals surface area (Å²) < 4.78 is 0. The number of Topliss-reactive ketones (excluding diaryl/α,β-unsaturated/α-hetero) is 1. The van der Waals surface area contributed by atoms with E-state index in [-0.39, 0.29) is 35.6 Å². The minimum Gasteiger partial charge on any atom is -0.481 e. The average Bonchev–Trinajstić information content (AvgIpc) is 0.812. The SMILES string of the molecule is CC(=O)CC[C@H](NC(=O)[C@H](CCC(=O)O)NC(=O)[C@H](CS)NC(=O)[C@H](CCC(=O)NC[C@H](O)[C@@H](O)[C@H](O)[C@H](O)CO)NC(=O)[C@H](CCC(=O)O)NC(=O)[C@H](CCC(=O)NC[C@H](O)[C@@H](O)[C@H](O)[C@H](O)CO)NC(=O)CC[C@H](NC(=O)c1ccc(NCc2cnc3nc(N)[nH]c(=O)c3n2)cc1)C(=O)O)C(=O)N[C@@H](CS)C(=O)O. The molecule has 10 amide bonds. The van der Waals surface area contributed by atoms with Crippen molar-refractivity contribution in [2.45, 2.75) is 188 Å². The van der Waals surface area contributed by atoms with Gasteiger partial charge in [0.1, 0.15) is 90.7 Å². The van der Waals surface area contributed by atoms with Crippen LogP contribution in [0.1, 0.15) is 100 Å². The number of amides is 10. The first-order valence-electron chi connectivity index (χ1n) is 33.8. The molecule has 0 aliphatic heterocycles. The minimum absolute atomic E-state index is 0.00684. The molecule has 0 fully saturated rings. The molecule has 0 saturated heterocycles. The third-order valence-corrected chi connectivity index (χ3v) is 17.0. The van der Waals surface area contributed by atoms with Crippen LogP contribution in [-0.4, -0.2) is 315 Å². The predicted octanol–water partition coefficient (Wildman–Crippen LogP) is -11.0. The summed E-state index contributed by atoms with van der Waals surface area (Å²) in [5.41, 5.74) is 5.44. The molecular formula is C63H92N16O30S2. The molecule has 3 rings (SSSR count). The second-order valence-electron chi connectivity index (χ2n) is 24.9. The molecule has 3 aromatic rings. The number of nitrogens with two attached hydrogens (primary N) is 1. The van der Waals surface area contributed by atoms with Crippen LogP contribution in [0.4, 0.5) is 11.6 Å². The van der Waals surface area contributed by atoms with Gasteiger partial charge in [-0.15, -0.1) is 0 Å². The Morgan fingerprint density at radius 3 is 1.23 bits per heavy atom. The molecule has 0 aliphatic carbocycles. The summed E-state index contributed by atoms with van der Waals surface area (Å²) in [5, 5.41) is 163. The van der Waals surface area contributed by atoms with E-state index in [2.05, 4.69) is 104 Å². The molecule has 616 valence electrons. The van der Waals surface area contributed by atoms with E-state index in [4.69, 9.17) is 10.8 Å². The maximum atomic E-state index is 14.5. The molecule has 0 saturated carbocycles. The molecule has 0 bridgehead atoms. The second kappa shape index (κ2) is 47.6. The number of carbonyl (C=O) groups is 15. The fraction of sp³-hybridized carbons (Fsp3) is 0.571. The van der Waals surface area contributed by atoms with Gasteiger partial charge in [-0.3, -0.25) is 67.3 Å². The van der Waals surface area contributed by atoms with Crippen molar-refractivity contribution < 1.29 is 143 Å². The van der Waals surface area contributed by atoms with Crippen LogP contribution in [0.5, 0.6) is 0 Å².